The van der Waals surface area contributed by atoms with Gasteiger partial charge in [0, 0.05) is 33.5 Å². The van der Waals surface area contributed by atoms with E-state index >= 15 is 0 Å². The average Bonchev–Trinajstić information content (AvgIpc) is 3.74. The Morgan fingerprint density at radius 3 is 1.17 bits per heavy atom. The molecule has 12 rings (SSSR count). The fraction of sp³-hybridized carbons (Fsp3) is 0. The molecule has 0 amide bonds. The molecule has 0 saturated carbocycles. The zero-order chi connectivity index (χ0) is 44.0. The molecule has 0 aliphatic rings. The van der Waals surface area contributed by atoms with Gasteiger partial charge in [-0.2, -0.15) is 5.26 Å². The van der Waals surface area contributed by atoms with Gasteiger partial charge in [-0.15, -0.1) is 0 Å². The van der Waals surface area contributed by atoms with Crippen molar-refractivity contribution in [3.63, 3.8) is 0 Å². The van der Waals surface area contributed by atoms with Crippen molar-refractivity contribution in [3.05, 3.63) is 254 Å². The second-order valence-electron chi connectivity index (χ2n) is 16.8. The summed E-state index contributed by atoms with van der Waals surface area (Å²) in [6.07, 6.45) is 0. The summed E-state index contributed by atoms with van der Waals surface area (Å²) in [5, 5.41) is 16.8. The number of benzene rings is 11. The Morgan fingerprint density at radius 2 is 0.682 bits per heavy atom. The molecule has 11 aromatic carbocycles. The van der Waals surface area contributed by atoms with Gasteiger partial charge in [0.25, 0.3) is 0 Å². The normalized spacial score (nSPS) is 11.3. The molecule has 0 radical (unpaired) electrons. The highest BCUT2D eigenvalue weighted by Crippen LogP contribution is 2.40. The molecule has 0 spiro atoms. The van der Waals surface area contributed by atoms with Crippen LogP contribution in [0.4, 0.5) is 17.1 Å². The Hall–Kier alpha value is -8.97. The third-order valence-electron chi connectivity index (χ3n) is 13.1. The van der Waals surface area contributed by atoms with E-state index in [1.807, 2.05) is 24.3 Å². The molecule has 0 unspecified atom stereocenters. The fourth-order valence-electron chi connectivity index (χ4n) is 9.73. The number of hydrogen-bond donors (Lipinski definition) is 0. The summed E-state index contributed by atoms with van der Waals surface area (Å²) in [7, 11) is 0. The number of fused-ring (bicyclic) bond motifs is 6. The second-order valence-corrected chi connectivity index (χ2v) is 16.8. The number of nitriles is 1. The van der Waals surface area contributed by atoms with Crippen LogP contribution in [0.3, 0.4) is 0 Å². The van der Waals surface area contributed by atoms with E-state index in [0.29, 0.717) is 5.56 Å². The Morgan fingerprint density at radius 1 is 0.318 bits per heavy atom. The van der Waals surface area contributed by atoms with E-state index in [-0.39, 0.29) is 0 Å². The highest BCUT2D eigenvalue weighted by molar-refractivity contribution is 6.14. The minimum absolute atomic E-state index is 0.663. The molecule has 0 saturated heterocycles. The van der Waals surface area contributed by atoms with Gasteiger partial charge in [0.05, 0.1) is 22.7 Å². The first kappa shape index (κ1) is 38.7. The number of rotatable bonds is 8. The van der Waals surface area contributed by atoms with Gasteiger partial charge in [0.1, 0.15) is 0 Å². The smallest absolute Gasteiger partial charge is 0.0991 e. The van der Waals surface area contributed by atoms with Crippen molar-refractivity contribution in [1.82, 2.24) is 4.57 Å². The minimum Gasteiger partial charge on any atom is -0.311 e. The van der Waals surface area contributed by atoms with Crippen molar-refractivity contribution in [2.24, 2.45) is 0 Å². The van der Waals surface area contributed by atoms with Crippen LogP contribution in [0.2, 0.25) is 0 Å². The predicted molar refractivity (Wildman–Crippen MR) is 277 cm³/mol. The molecular formula is C63H41N3. The Bertz CT molecular complexity index is 3710. The van der Waals surface area contributed by atoms with Gasteiger partial charge in [-0.3, -0.25) is 0 Å². The second kappa shape index (κ2) is 16.3. The van der Waals surface area contributed by atoms with Crippen LogP contribution >= 0.6 is 0 Å². The van der Waals surface area contributed by atoms with Crippen molar-refractivity contribution in [3.8, 4) is 56.3 Å². The van der Waals surface area contributed by atoms with Gasteiger partial charge in [0.2, 0.25) is 0 Å². The maximum absolute atomic E-state index is 9.24. The first-order valence-electron chi connectivity index (χ1n) is 22.4. The monoisotopic (exact) mass is 839 g/mol. The SMILES string of the molecule is N#Cc1ccc(-c2ccc(-c3ccc(N(c4ccc(-c5ccc(-c6cc7ccccc7c7ccccc67)cc5)cc4)c4ccc(-n5c6ccccc6c6ccccc65)cc4)cc3)cc2)cc1. The number of para-hydroxylation sites is 2. The highest BCUT2D eigenvalue weighted by atomic mass is 15.1. The summed E-state index contributed by atoms with van der Waals surface area (Å²) in [5.41, 5.74) is 16.7. The van der Waals surface area contributed by atoms with Gasteiger partial charge in [-0.05, 0) is 145 Å². The molecule has 0 N–H and O–H groups in total. The van der Waals surface area contributed by atoms with Gasteiger partial charge in [-0.25, -0.2) is 0 Å². The Labute approximate surface area is 383 Å². The molecule has 3 heteroatoms. The van der Waals surface area contributed by atoms with Crippen LogP contribution in [-0.4, -0.2) is 4.57 Å². The van der Waals surface area contributed by atoms with E-state index in [4.69, 9.17) is 0 Å². The summed E-state index contributed by atoms with van der Waals surface area (Å²) < 4.78 is 2.36. The zero-order valence-corrected chi connectivity index (χ0v) is 36.0. The van der Waals surface area contributed by atoms with E-state index in [1.165, 1.54) is 60.0 Å². The number of hydrogen-bond acceptors (Lipinski definition) is 2. The zero-order valence-electron chi connectivity index (χ0n) is 36.0. The van der Waals surface area contributed by atoms with Gasteiger partial charge >= 0.3 is 0 Å². The van der Waals surface area contributed by atoms with Crippen LogP contribution in [0.5, 0.6) is 0 Å². The Kier molecular flexibility index (Phi) is 9.55. The molecule has 0 aliphatic carbocycles. The third kappa shape index (κ3) is 6.86. The van der Waals surface area contributed by atoms with Crippen LogP contribution in [0.1, 0.15) is 5.56 Å². The van der Waals surface area contributed by atoms with Crippen LogP contribution in [0.15, 0.2) is 249 Å². The van der Waals surface area contributed by atoms with E-state index in [2.05, 4.69) is 240 Å². The lowest BCUT2D eigenvalue weighted by Crippen LogP contribution is -2.10. The minimum atomic E-state index is 0.663. The molecule has 12 aromatic rings. The molecular weight excluding hydrogens is 799 g/mol. The van der Waals surface area contributed by atoms with E-state index < -0.39 is 0 Å². The lowest BCUT2D eigenvalue weighted by molar-refractivity contribution is 1.17. The van der Waals surface area contributed by atoms with E-state index in [9.17, 15) is 5.26 Å². The summed E-state index contributed by atoms with van der Waals surface area (Å²) in [4.78, 5) is 2.34. The molecule has 308 valence electrons. The standard InChI is InChI=1S/C63H41N3/c64-42-43-17-19-44(20-18-43)45-21-23-46(24-22-45)48-29-33-52(34-30-48)65(54-37-39-55(40-38-54)66-62-15-7-5-13-59(62)60-14-6-8-16-63(60)66)53-35-31-49(32-36-53)47-25-27-50(28-26-47)61-41-51-9-1-2-10-56(51)57-11-3-4-12-58(57)61/h1-41H. The largest absolute Gasteiger partial charge is 0.311 e. The van der Waals surface area contributed by atoms with Crippen LogP contribution in [0, 0.1) is 11.3 Å². The molecule has 3 nitrogen and oxygen atoms in total. The fourth-order valence-corrected chi connectivity index (χ4v) is 9.73. The topological polar surface area (TPSA) is 32.0 Å². The molecule has 66 heavy (non-hydrogen) atoms. The summed E-state index contributed by atoms with van der Waals surface area (Å²) in [6.45, 7) is 0. The molecule has 0 bridgehead atoms. The molecule has 0 fully saturated rings. The maximum atomic E-state index is 9.24. The highest BCUT2D eigenvalue weighted by Gasteiger charge is 2.17. The average molecular weight is 840 g/mol. The van der Waals surface area contributed by atoms with Crippen molar-refractivity contribution >= 4 is 60.4 Å². The van der Waals surface area contributed by atoms with Gasteiger partial charge in [0.15, 0.2) is 0 Å². The van der Waals surface area contributed by atoms with Crippen molar-refractivity contribution in [2.45, 2.75) is 0 Å². The molecule has 1 aromatic heterocycles. The first-order chi connectivity index (χ1) is 32.7. The van der Waals surface area contributed by atoms with Crippen molar-refractivity contribution in [2.75, 3.05) is 4.90 Å². The first-order valence-corrected chi connectivity index (χ1v) is 22.4. The van der Waals surface area contributed by atoms with Crippen LogP contribution < -0.4 is 4.90 Å². The molecule has 0 atom stereocenters. The lowest BCUT2D eigenvalue weighted by Gasteiger charge is -2.26. The third-order valence-corrected chi connectivity index (χ3v) is 13.1. The quantitative estimate of drug-likeness (QED) is 0.143. The predicted octanol–water partition coefficient (Wildman–Crippen LogP) is 17.1. The molecule has 1 heterocycles. The lowest BCUT2D eigenvalue weighted by atomic mass is 9.92. The van der Waals surface area contributed by atoms with Crippen LogP contribution in [0.25, 0.3) is 93.5 Å². The van der Waals surface area contributed by atoms with E-state index in [0.717, 1.165) is 50.6 Å². The summed E-state index contributed by atoms with van der Waals surface area (Å²) in [5.74, 6) is 0. The van der Waals surface area contributed by atoms with Crippen molar-refractivity contribution in [1.29, 1.82) is 5.26 Å². The van der Waals surface area contributed by atoms with E-state index in [1.54, 1.807) is 0 Å². The van der Waals surface area contributed by atoms with Gasteiger partial charge in [-0.1, -0.05) is 170 Å². The van der Waals surface area contributed by atoms with Crippen molar-refractivity contribution < 1.29 is 0 Å². The Balaban J connectivity index is 0.885. The van der Waals surface area contributed by atoms with Gasteiger partial charge < -0.3 is 9.47 Å². The number of anilines is 3. The molecule has 0 aliphatic heterocycles. The van der Waals surface area contributed by atoms with Crippen LogP contribution in [-0.2, 0) is 0 Å². The summed E-state index contributed by atoms with van der Waals surface area (Å²) in [6, 6.07) is 91.3. The maximum Gasteiger partial charge on any atom is 0.0991 e. The summed E-state index contributed by atoms with van der Waals surface area (Å²) >= 11 is 0. The number of aromatic nitrogens is 1. The number of nitrogens with zero attached hydrogens (tertiary/aromatic N) is 3.